The minimum atomic E-state index is 0.0113. The molecule has 1 saturated heterocycles. The summed E-state index contributed by atoms with van der Waals surface area (Å²) in [6.07, 6.45) is 0. The van der Waals surface area contributed by atoms with Crippen LogP contribution in [0.2, 0.25) is 0 Å². The Bertz CT molecular complexity index is 961. The van der Waals surface area contributed by atoms with E-state index in [-0.39, 0.29) is 5.91 Å². The summed E-state index contributed by atoms with van der Waals surface area (Å²) in [6, 6.07) is 17.8. The second kappa shape index (κ2) is 9.82. The molecule has 0 atom stereocenters. The van der Waals surface area contributed by atoms with Gasteiger partial charge in [-0.3, -0.25) is 9.69 Å². The number of nitrogens with zero attached hydrogens (tertiary/aromatic N) is 3. The smallest absolute Gasteiger partial charge is 0.230 e. The van der Waals surface area contributed by atoms with E-state index in [4.69, 9.17) is 14.7 Å². The Morgan fingerprint density at radius 1 is 1.00 bits per heavy atom. The number of thioether (sulfide) groups is 1. The number of nitrogens with one attached hydrogen (secondary N) is 1. The normalized spacial score (nSPS) is 14.8. The number of benzene rings is 2. The average Bonchev–Trinajstić information content (AvgIpc) is 2.78. The van der Waals surface area contributed by atoms with Gasteiger partial charge in [0.2, 0.25) is 5.91 Å². The standard InChI is InChI=1S/C22H24N4O2S/c27-20(23-10-11-26-12-14-28-15-13-26)16-29-22-21(17-6-2-1-3-7-17)24-18-8-4-5-9-19(18)25-22/h1-9H,10-16H2,(H,23,27). The van der Waals surface area contributed by atoms with Crippen LogP contribution in [0.15, 0.2) is 59.6 Å². The Hall–Kier alpha value is -2.48. The Morgan fingerprint density at radius 2 is 1.69 bits per heavy atom. The molecule has 0 saturated carbocycles. The summed E-state index contributed by atoms with van der Waals surface area (Å²) in [4.78, 5) is 24.2. The highest BCUT2D eigenvalue weighted by Crippen LogP contribution is 2.30. The highest BCUT2D eigenvalue weighted by molar-refractivity contribution is 8.00. The highest BCUT2D eigenvalue weighted by Gasteiger charge is 2.14. The summed E-state index contributed by atoms with van der Waals surface area (Å²) in [5.74, 6) is 0.327. The molecule has 2 heterocycles. The highest BCUT2D eigenvalue weighted by atomic mass is 32.2. The van der Waals surface area contributed by atoms with Gasteiger partial charge >= 0.3 is 0 Å². The summed E-state index contributed by atoms with van der Waals surface area (Å²) < 4.78 is 5.35. The van der Waals surface area contributed by atoms with Gasteiger partial charge in [-0.2, -0.15) is 0 Å². The largest absolute Gasteiger partial charge is 0.379 e. The molecular weight excluding hydrogens is 384 g/mol. The summed E-state index contributed by atoms with van der Waals surface area (Å²) in [5.41, 5.74) is 3.50. The van der Waals surface area contributed by atoms with Crippen LogP contribution in [0.4, 0.5) is 0 Å². The minimum Gasteiger partial charge on any atom is -0.379 e. The fraction of sp³-hybridized carbons (Fsp3) is 0.318. The van der Waals surface area contributed by atoms with Gasteiger partial charge in [0, 0.05) is 31.7 Å². The fourth-order valence-corrected chi connectivity index (χ4v) is 4.06. The first-order valence-electron chi connectivity index (χ1n) is 9.81. The minimum absolute atomic E-state index is 0.0113. The van der Waals surface area contributed by atoms with Crippen molar-refractivity contribution in [3.05, 3.63) is 54.6 Å². The third-order valence-electron chi connectivity index (χ3n) is 4.78. The van der Waals surface area contributed by atoms with E-state index in [1.165, 1.54) is 11.8 Å². The van der Waals surface area contributed by atoms with Crippen molar-refractivity contribution in [1.82, 2.24) is 20.2 Å². The van der Waals surface area contributed by atoms with E-state index in [1.54, 1.807) is 0 Å². The first-order chi connectivity index (χ1) is 14.3. The van der Waals surface area contributed by atoms with E-state index < -0.39 is 0 Å². The van der Waals surface area contributed by atoms with Crippen LogP contribution in [0.25, 0.3) is 22.3 Å². The molecule has 4 rings (SSSR count). The molecule has 1 aromatic heterocycles. The SMILES string of the molecule is O=C(CSc1nc2ccccc2nc1-c1ccccc1)NCCN1CCOCC1. The molecule has 1 fully saturated rings. The maximum atomic E-state index is 12.3. The molecule has 0 spiro atoms. The molecule has 0 aliphatic carbocycles. The van der Waals surface area contributed by atoms with E-state index in [2.05, 4.69) is 10.2 Å². The Labute approximate surface area is 174 Å². The maximum Gasteiger partial charge on any atom is 0.230 e. The topological polar surface area (TPSA) is 67.4 Å². The number of carbonyl (C=O) groups excluding carboxylic acids is 1. The van der Waals surface area contributed by atoms with Gasteiger partial charge in [-0.15, -0.1) is 0 Å². The van der Waals surface area contributed by atoms with E-state index in [0.29, 0.717) is 12.3 Å². The van der Waals surface area contributed by atoms with Crippen molar-refractivity contribution in [1.29, 1.82) is 0 Å². The van der Waals surface area contributed by atoms with Gasteiger partial charge in [-0.1, -0.05) is 54.2 Å². The molecule has 3 aromatic rings. The maximum absolute atomic E-state index is 12.3. The molecule has 0 unspecified atom stereocenters. The number of morpholine rings is 1. The number of hydrogen-bond acceptors (Lipinski definition) is 6. The summed E-state index contributed by atoms with van der Waals surface area (Å²) in [5, 5.41) is 3.78. The zero-order valence-electron chi connectivity index (χ0n) is 16.2. The summed E-state index contributed by atoms with van der Waals surface area (Å²) >= 11 is 1.43. The van der Waals surface area contributed by atoms with Crippen molar-refractivity contribution < 1.29 is 9.53 Å². The molecule has 150 valence electrons. The number of para-hydroxylation sites is 2. The molecular formula is C22H24N4O2S. The second-order valence-electron chi connectivity index (χ2n) is 6.82. The Morgan fingerprint density at radius 3 is 2.45 bits per heavy atom. The summed E-state index contributed by atoms with van der Waals surface area (Å²) in [7, 11) is 0. The lowest BCUT2D eigenvalue weighted by Gasteiger charge is -2.26. The number of carbonyl (C=O) groups is 1. The Kier molecular flexibility index (Phi) is 6.71. The van der Waals surface area contributed by atoms with Crippen LogP contribution in [0.3, 0.4) is 0 Å². The van der Waals surface area contributed by atoms with Crippen LogP contribution >= 0.6 is 11.8 Å². The van der Waals surface area contributed by atoms with Gasteiger partial charge in [-0.25, -0.2) is 9.97 Å². The van der Waals surface area contributed by atoms with E-state index >= 15 is 0 Å². The van der Waals surface area contributed by atoms with Gasteiger partial charge in [0.05, 0.1) is 30.0 Å². The quantitative estimate of drug-likeness (QED) is 0.607. The number of aromatic nitrogens is 2. The van der Waals surface area contributed by atoms with Crippen molar-refractivity contribution in [2.45, 2.75) is 5.03 Å². The predicted octanol–water partition coefficient (Wildman–Crippen LogP) is 2.84. The Balaban J connectivity index is 1.42. The van der Waals surface area contributed by atoms with E-state index in [9.17, 15) is 4.79 Å². The average molecular weight is 409 g/mol. The molecule has 2 aromatic carbocycles. The molecule has 1 amide bonds. The lowest BCUT2D eigenvalue weighted by Crippen LogP contribution is -2.41. The predicted molar refractivity (Wildman–Crippen MR) is 116 cm³/mol. The first kappa shape index (κ1) is 19.8. The third kappa shape index (κ3) is 5.32. The van der Waals surface area contributed by atoms with Crippen molar-refractivity contribution in [3.8, 4) is 11.3 Å². The van der Waals surface area contributed by atoms with Gasteiger partial charge in [0.25, 0.3) is 0 Å². The molecule has 1 aliphatic rings. The van der Waals surface area contributed by atoms with Crippen LogP contribution in [0, 0.1) is 0 Å². The lowest BCUT2D eigenvalue weighted by atomic mass is 10.1. The molecule has 0 radical (unpaired) electrons. The van der Waals surface area contributed by atoms with E-state index in [0.717, 1.165) is 60.2 Å². The van der Waals surface area contributed by atoms with Crippen molar-refractivity contribution in [2.24, 2.45) is 0 Å². The van der Waals surface area contributed by atoms with Crippen LogP contribution < -0.4 is 5.32 Å². The summed E-state index contributed by atoms with van der Waals surface area (Å²) in [6.45, 7) is 4.90. The molecule has 1 N–H and O–H groups in total. The molecule has 0 bridgehead atoms. The number of hydrogen-bond donors (Lipinski definition) is 1. The number of amides is 1. The van der Waals surface area contributed by atoms with Crippen LogP contribution in [0.1, 0.15) is 0 Å². The van der Waals surface area contributed by atoms with E-state index in [1.807, 2.05) is 54.6 Å². The monoisotopic (exact) mass is 408 g/mol. The molecule has 29 heavy (non-hydrogen) atoms. The molecule has 6 nitrogen and oxygen atoms in total. The van der Waals surface area contributed by atoms with Crippen molar-refractivity contribution >= 4 is 28.7 Å². The number of rotatable bonds is 7. The first-order valence-corrected chi connectivity index (χ1v) is 10.8. The van der Waals surface area contributed by atoms with Crippen LogP contribution in [0.5, 0.6) is 0 Å². The zero-order chi connectivity index (χ0) is 19.9. The number of ether oxygens (including phenoxy) is 1. The zero-order valence-corrected chi connectivity index (χ0v) is 17.0. The molecule has 1 aliphatic heterocycles. The van der Waals surface area contributed by atoms with Crippen LogP contribution in [-0.4, -0.2) is 65.9 Å². The van der Waals surface area contributed by atoms with Crippen molar-refractivity contribution in [2.75, 3.05) is 45.1 Å². The van der Waals surface area contributed by atoms with Crippen molar-refractivity contribution in [3.63, 3.8) is 0 Å². The second-order valence-corrected chi connectivity index (χ2v) is 7.79. The number of fused-ring (bicyclic) bond motifs is 1. The van der Waals surface area contributed by atoms with Crippen LogP contribution in [-0.2, 0) is 9.53 Å². The van der Waals surface area contributed by atoms with Gasteiger partial charge in [-0.05, 0) is 12.1 Å². The molecule has 7 heteroatoms. The fourth-order valence-electron chi connectivity index (χ4n) is 3.23. The van der Waals surface area contributed by atoms with Gasteiger partial charge in [0.1, 0.15) is 10.7 Å². The van der Waals surface area contributed by atoms with Gasteiger partial charge < -0.3 is 10.1 Å². The van der Waals surface area contributed by atoms with Gasteiger partial charge in [0.15, 0.2) is 0 Å². The third-order valence-corrected chi connectivity index (χ3v) is 5.74. The lowest BCUT2D eigenvalue weighted by molar-refractivity contribution is -0.118.